The van der Waals surface area contributed by atoms with Crippen LogP contribution in [0, 0.1) is 5.92 Å². The van der Waals surface area contributed by atoms with Crippen molar-refractivity contribution >= 4 is 35.0 Å². The summed E-state index contributed by atoms with van der Waals surface area (Å²) in [5, 5.41) is 0.717. The third-order valence-corrected chi connectivity index (χ3v) is 3.86. The lowest BCUT2D eigenvalue weighted by molar-refractivity contribution is 0.759. The number of hydrogen-bond acceptors (Lipinski definition) is 2. The summed E-state index contributed by atoms with van der Waals surface area (Å²) < 4.78 is 0. The van der Waals surface area contributed by atoms with Gasteiger partial charge in [-0.3, -0.25) is 4.98 Å². The number of alkyl halides is 1. The lowest BCUT2D eigenvalue weighted by atomic mass is 10.3. The van der Waals surface area contributed by atoms with Crippen molar-refractivity contribution in [1.29, 1.82) is 0 Å². The van der Waals surface area contributed by atoms with Gasteiger partial charge in [0.25, 0.3) is 0 Å². The smallest absolute Gasteiger partial charge is 0.0725 e. The third kappa shape index (κ3) is 3.75. The van der Waals surface area contributed by atoms with Gasteiger partial charge in [-0.1, -0.05) is 18.5 Å². The third-order valence-electron chi connectivity index (χ3n) is 1.52. The maximum atomic E-state index is 5.93. The molecule has 1 unspecified atom stereocenters. The predicted octanol–water partition coefficient (Wildman–Crippen LogP) is 3.70. The first-order chi connectivity index (χ1) is 6.24. The maximum absolute atomic E-state index is 5.93. The molecule has 1 heterocycles. The highest BCUT2D eigenvalue weighted by molar-refractivity contribution is 7.99. The van der Waals surface area contributed by atoms with Crippen molar-refractivity contribution in [2.45, 2.75) is 11.8 Å². The van der Waals surface area contributed by atoms with E-state index >= 15 is 0 Å². The summed E-state index contributed by atoms with van der Waals surface area (Å²) in [6, 6.07) is 1.92. The van der Waals surface area contributed by atoms with Crippen LogP contribution in [-0.2, 0) is 0 Å². The van der Waals surface area contributed by atoms with Gasteiger partial charge in [0, 0.05) is 28.9 Å². The molecule has 0 aliphatic heterocycles. The quantitative estimate of drug-likeness (QED) is 0.584. The fraction of sp³-hybridized carbons (Fsp3) is 0.444. The Kier molecular flexibility index (Phi) is 4.92. The Morgan fingerprint density at radius 2 is 2.38 bits per heavy atom. The molecule has 0 N–H and O–H groups in total. The zero-order chi connectivity index (χ0) is 9.68. The van der Waals surface area contributed by atoms with Crippen LogP contribution in [0.25, 0.3) is 0 Å². The zero-order valence-electron chi connectivity index (χ0n) is 7.34. The predicted molar refractivity (Wildman–Crippen MR) is 59.9 cm³/mol. The highest BCUT2D eigenvalue weighted by Gasteiger charge is 2.04. The Labute approximate surface area is 92.8 Å². The molecule has 0 bridgehead atoms. The number of rotatable bonds is 4. The van der Waals surface area contributed by atoms with E-state index in [2.05, 4.69) is 11.9 Å². The van der Waals surface area contributed by atoms with Crippen LogP contribution in [0.5, 0.6) is 0 Å². The Morgan fingerprint density at radius 1 is 1.62 bits per heavy atom. The molecule has 1 rings (SSSR count). The van der Waals surface area contributed by atoms with E-state index in [1.165, 1.54) is 0 Å². The second kappa shape index (κ2) is 5.74. The van der Waals surface area contributed by atoms with Gasteiger partial charge in [0.15, 0.2) is 0 Å². The lowest BCUT2D eigenvalue weighted by Crippen LogP contribution is -1.98. The first-order valence-corrected chi connectivity index (χ1v) is 5.92. The van der Waals surface area contributed by atoms with Gasteiger partial charge in [-0.25, -0.2) is 0 Å². The van der Waals surface area contributed by atoms with Crippen LogP contribution in [0.3, 0.4) is 0 Å². The molecule has 0 fully saturated rings. The number of pyridine rings is 1. The monoisotopic (exact) mass is 235 g/mol. The average molecular weight is 236 g/mol. The van der Waals surface area contributed by atoms with E-state index in [1.807, 2.05) is 6.07 Å². The van der Waals surface area contributed by atoms with E-state index in [0.29, 0.717) is 16.8 Å². The molecule has 0 amide bonds. The molecule has 0 saturated carbocycles. The molecule has 0 saturated heterocycles. The van der Waals surface area contributed by atoms with Crippen molar-refractivity contribution in [2.24, 2.45) is 5.92 Å². The van der Waals surface area contributed by atoms with Crippen molar-refractivity contribution < 1.29 is 0 Å². The van der Waals surface area contributed by atoms with Gasteiger partial charge in [-0.05, 0) is 12.0 Å². The molecule has 0 spiro atoms. The summed E-state index contributed by atoms with van der Waals surface area (Å²) in [6.07, 6.45) is 3.41. The Morgan fingerprint density at radius 3 is 3.00 bits per heavy atom. The SMILES string of the molecule is CC(CCl)CSc1ccncc1Cl. The number of hydrogen-bond donors (Lipinski definition) is 0. The molecule has 72 valence electrons. The van der Waals surface area contributed by atoms with Crippen molar-refractivity contribution in [3.8, 4) is 0 Å². The van der Waals surface area contributed by atoms with Crippen LogP contribution < -0.4 is 0 Å². The van der Waals surface area contributed by atoms with Gasteiger partial charge < -0.3 is 0 Å². The van der Waals surface area contributed by atoms with Gasteiger partial charge in [0.1, 0.15) is 0 Å². The van der Waals surface area contributed by atoms with Gasteiger partial charge >= 0.3 is 0 Å². The minimum atomic E-state index is 0.510. The van der Waals surface area contributed by atoms with Crippen LogP contribution >= 0.6 is 35.0 Å². The van der Waals surface area contributed by atoms with Crippen LogP contribution in [0.4, 0.5) is 0 Å². The first-order valence-electron chi connectivity index (χ1n) is 4.02. The van der Waals surface area contributed by atoms with Gasteiger partial charge in [-0.2, -0.15) is 0 Å². The van der Waals surface area contributed by atoms with E-state index in [4.69, 9.17) is 23.2 Å². The Balaban J connectivity index is 2.50. The molecule has 0 aliphatic carbocycles. The standard InChI is InChI=1S/C9H11Cl2NS/c1-7(4-10)6-13-9-2-3-12-5-8(9)11/h2-3,5,7H,4,6H2,1H3. The zero-order valence-corrected chi connectivity index (χ0v) is 9.66. The molecule has 1 nitrogen and oxygen atoms in total. The van der Waals surface area contributed by atoms with Crippen LogP contribution in [0.1, 0.15) is 6.92 Å². The molecule has 1 atom stereocenters. The van der Waals surface area contributed by atoms with Crippen LogP contribution in [0.15, 0.2) is 23.4 Å². The molecule has 0 radical (unpaired) electrons. The summed E-state index contributed by atoms with van der Waals surface area (Å²) in [6.45, 7) is 2.12. The van der Waals surface area contributed by atoms with Crippen molar-refractivity contribution in [2.75, 3.05) is 11.6 Å². The van der Waals surface area contributed by atoms with E-state index in [1.54, 1.807) is 24.2 Å². The number of thioether (sulfide) groups is 1. The fourth-order valence-corrected chi connectivity index (χ4v) is 2.21. The summed E-state index contributed by atoms with van der Waals surface area (Å²) in [4.78, 5) is 5.00. The number of halogens is 2. The minimum Gasteiger partial charge on any atom is -0.263 e. The molecular formula is C9H11Cl2NS. The van der Waals surface area contributed by atoms with Gasteiger partial charge in [0.2, 0.25) is 0 Å². The van der Waals surface area contributed by atoms with Gasteiger partial charge in [-0.15, -0.1) is 23.4 Å². The Hall–Kier alpha value is 0.0800. The molecule has 0 aliphatic rings. The Bertz CT molecular complexity index is 268. The summed E-state index contributed by atoms with van der Waals surface area (Å²) in [7, 11) is 0. The van der Waals surface area contributed by atoms with E-state index < -0.39 is 0 Å². The van der Waals surface area contributed by atoms with Crippen molar-refractivity contribution in [1.82, 2.24) is 4.98 Å². The lowest BCUT2D eigenvalue weighted by Gasteiger charge is -2.07. The van der Waals surface area contributed by atoms with Crippen LogP contribution in [-0.4, -0.2) is 16.6 Å². The molecule has 13 heavy (non-hydrogen) atoms. The highest BCUT2D eigenvalue weighted by atomic mass is 35.5. The largest absolute Gasteiger partial charge is 0.263 e. The molecule has 1 aromatic heterocycles. The second-order valence-electron chi connectivity index (χ2n) is 2.88. The van der Waals surface area contributed by atoms with E-state index in [0.717, 1.165) is 10.6 Å². The number of aromatic nitrogens is 1. The molecule has 1 aromatic rings. The van der Waals surface area contributed by atoms with E-state index in [9.17, 15) is 0 Å². The summed E-state index contributed by atoms with van der Waals surface area (Å²) in [5.74, 6) is 2.19. The summed E-state index contributed by atoms with van der Waals surface area (Å²) in [5.41, 5.74) is 0. The summed E-state index contributed by atoms with van der Waals surface area (Å²) >= 11 is 13.4. The maximum Gasteiger partial charge on any atom is 0.0725 e. The first kappa shape index (κ1) is 11.2. The molecule has 0 aromatic carbocycles. The highest BCUT2D eigenvalue weighted by Crippen LogP contribution is 2.27. The minimum absolute atomic E-state index is 0.510. The average Bonchev–Trinajstić information content (AvgIpc) is 2.16. The number of nitrogens with zero attached hydrogens (tertiary/aromatic N) is 1. The molecular weight excluding hydrogens is 225 g/mol. The fourth-order valence-electron chi connectivity index (χ4n) is 0.756. The molecule has 4 heteroatoms. The van der Waals surface area contributed by atoms with Crippen molar-refractivity contribution in [3.05, 3.63) is 23.5 Å². The van der Waals surface area contributed by atoms with Crippen molar-refractivity contribution in [3.63, 3.8) is 0 Å². The topological polar surface area (TPSA) is 12.9 Å². The van der Waals surface area contributed by atoms with Crippen LogP contribution in [0.2, 0.25) is 5.02 Å². The van der Waals surface area contributed by atoms with E-state index in [-0.39, 0.29) is 0 Å². The normalized spacial score (nSPS) is 12.8. The van der Waals surface area contributed by atoms with Gasteiger partial charge in [0.05, 0.1) is 5.02 Å². The second-order valence-corrected chi connectivity index (χ2v) is 4.65.